The molecule has 1 aliphatic heterocycles. The first kappa shape index (κ1) is 16.4. The molecule has 0 bridgehead atoms. The van der Waals surface area contributed by atoms with Crippen LogP contribution in [0.3, 0.4) is 0 Å². The van der Waals surface area contributed by atoms with Gasteiger partial charge < -0.3 is 5.73 Å². The first-order valence-electron chi connectivity index (χ1n) is 6.63. The van der Waals surface area contributed by atoms with Crippen LogP contribution in [0.2, 0.25) is 0 Å². The molecule has 0 spiro atoms. The molecule has 2 N–H and O–H groups in total. The van der Waals surface area contributed by atoms with Crippen molar-refractivity contribution in [1.29, 1.82) is 0 Å². The van der Waals surface area contributed by atoms with Crippen molar-refractivity contribution in [3.63, 3.8) is 0 Å². The highest BCUT2D eigenvalue weighted by Crippen LogP contribution is 2.48. The molecule has 0 aromatic heterocycles. The summed E-state index contributed by atoms with van der Waals surface area (Å²) < 4.78 is 2.61. The molecule has 1 fully saturated rings. The van der Waals surface area contributed by atoms with Gasteiger partial charge in [-0.3, -0.25) is 4.67 Å². The van der Waals surface area contributed by atoms with Gasteiger partial charge in [0.25, 0.3) is 0 Å². The fraction of sp³-hybridized carbons (Fsp3) is 1.00. The van der Waals surface area contributed by atoms with Crippen molar-refractivity contribution in [2.75, 3.05) is 32.5 Å². The van der Waals surface area contributed by atoms with Crippen molar-refractivity contribution in [2.24, 2.45) is 17.1 Å². The largest absolute Gasteiger partial charge is 0.329 e. The Labute approximate surface area is 104 Å². The lowest BCUT2D eigenvalue weighted by Gasteiger charge is -2.32. The van der Waals surface area contributed by atoms with Crippen molar-refractivity contribution in [3.8, 4) is 0 Å². The number of nitrogens with zero attached hydrogens (tertiary/aromatic N) is 1. The molecule has 2 unspecified atom stereocenters. The molecular formula is C13H31N2P. The van der Waals surface area contributed by atoms with E-state index in [4.69, 9.17) is 5.73 Å². The number of rotatable bonds is 2. The van der Waals surface area contributed by atoms with Gasteiger partial charge in [0.15, 0.2) is 0 Å². The highest BCUT2D eigenvalue weighted by atomic mass is 31.1. The molecule has 3 heteroatoms. The Hall–Kier alpha value is 0.350. The summed E-state index contributed by atoms with van der Waals surface area (Å²) in [6, 6.07) is 0. The Morgan fingerprint density at radius 1 is 1.38 bits per heavy atom. The van der Waals surface area contributed by atoms with Gasteiger partial charge in [-0.15, -0.1) is 0 Å². The fourth-order valence-electron chi connectivity index (χ4n) is 2.18. The highest BCUT2D eigenvalue weighted by molar-refractivity contribution is 7.54. The average molecular weight is 246 g/mol. The number of hydrogen-bond donors (Lipinski definition) is 1. The maximum absolute atomic E-state index is 5.64. The van der Waals surface area contributed by atoms with E-state index in [-0.39, 0.29) is 8.07 Å². The molecule has 0 radical (unpaired) electrons. The minimum Gasteiger partial charge on any atom is -0.329 e. The van der Waals surface area contributed by atoms with Gasteiger partial charge in [0.2, 0.25) is 0 Å². The van der Waals surface area contributed by atoms with E-state index in [1.165, 1.54) is 19.1 Å². The lowest BCUT2D eigenvalue weighted by atomic mass is 9.80. The summed E-state index contributed by atoms with van der Waals surface area (Å²) in [5, 5.41) is 0. The Morgan fingerprint density at radius 2 is 1.94 bits per heavy atom. The summed E-state index contributed by atoms with van der Waals surface area (Å²) in [5.74, 6) is 0.843. The molecule has 0 aliphatic carbocycles. The minimum absolute atomic E-state index is 0.0512. The highest BCUT2D eigenvalue weighted by Gasteiger charge is 2.33. The van der Waals surface area contributed by atoms with Crippen LogP contribution in [0, 0.1) is 11.3 Å². The fourth-order valence-corrected chi connectivity index (χ4v) is 4.79. The molecule has 0 aromatic rings. The standard InChI is InChI=1S/C11H25N2P.C2H6/c1-10-5-7-13(8-6-12)14(4)9-11(10,2)3;1-2/h10H,5-9,12H2,1-4H3;1-2H3. The smallest absolute Gasteiger partial charge is 0.0144 e. The summed E-state index contributed by atoms with van der Waals surface area (Å²) in [6.45, 7) is 16.8. The molecule has 16 heavy (non-hydrogen) atoms. The van der Waals surface area contributed by atoms with Crippen LogP contribution in [0.15, 0.2) is 0 Å². The van der Waals surface area contributed by atoms with E-state index in [1.807, 2.05) is 13.8 Å². The maximum Gasteiger partial charge on any atom is 0.0144 e. The molecule has 0 aromatic carbocycles. The molecule has 2 nitrogen and oxygen atoms in total. The SMILES string of the molecule is CC.CC1CCN(CCN)P(C)CC1(C)C. The van der Waals surface area contributed by atoms with E-state index < -0.39 is 0 Å². The summed E-state index contributed by atoms with van der Waals surface area (Å²) in [6.07, 6.45) is 2.70. The van der Waals surface area contributed by atoms with Crippen molar-refractivity contribution < 1.29 is 0 Å². The lowest BCUT2D eigenvalue weighted by molar-refractivity contribution is 0.252. The van der Waals surface area contributed by atoms with E-state index in [0.717, 1.165) is 19.0 Å². The van der Waals surface area contributed by atoms with Crippen LogP contribution in [0.5, 0.6) is 0 Å². The Morgan fingerprint density at radius 3 is 2.44 bits per heavy atom. The van der Waals surface area contributed by atoms with Gasteiger partial charge in [-0.25, -0.2) is 0 Å². The second-order valence-electron chi connectivity index (χ2n) is 5.24. The third-order valence-corrected chi connectivity index (χ3v) is 6.30. The van der Waals surface area contributed by atoms with Crippen LogP contribution in [-0.2, 0) is 0 Å². The normalized spacial score (nSPS) is 30.2. The van der Waals surface area contributed by atoms with Crippen molar-refractivity contribution >= 4 is 8.07 Å². The summed E-state index contributed by atoms with van der Waals surface area (Å²) in [4.78, 5) is 0. The topological polar surface area (TPSA) is 29.3 Å². The maximum atomic E-state index is 5.64. The van der Waals surface area contributed by atoms with Crippen LogP contribution >= 0.6 is 8.07 Å². The quantitative estimate of drug-likeness (QED) is 0.757. The van der Waals surface area contributed by atoms with Crippen molar-refractivity contribution in [2.45, 2.75) is 41.0 Å². The minimum atomic E-state index is 0.0512. The molecule has 1 rings (SSSR count). The predicted molar refractivity (Wildman–Crippen MR) is 77.2 cm³/mol. The molecule has 98 valence electrons. The Balaban J connectivity index is 0.00000106. The molecule has 1 heterocycles. The zero-order valence-electron chi connectivity index (χ0n) is 12.1. The van der Waals surface area contributed by atoms with Crippen LogP contribution < -0.4 is 5.73 Å². The van der Waals surface area contributed by atoms with Crippen LogP contribution in [0.1, 0.15) is 41.0 Å². The first-order chi connectivity index (χ1) is 7.47. The van der Waals surface area contributed by atoms with E-state index in [9.17, 15) is 0 Å². The molecule has 1 aliphatic rings. The molecule has 0 saturated carbocycles. The average Bonchev–Trinajstić information content (AvgIpc) is 2.33. The zero-order valence-corrected chi connectivity index (χ0v) is 13.0. The van der Waals surface area contributed by atoms with Gasteiger partial charge >= 0.3 is 0 Å². The van der Waals surface area contributed by atoms with E-state index in [2.05, 4.69) is 32.1 Å². The number of nitrogens with two attached hydrogens (primary N) is 1. The summed E-state index contributed by atoms with van der Waals surface area (Å²) in [5.41, 5.74) is 6.16. The third kappa shape index (κ3) is 4.69. The van der Waals surface area contributed by atoms with Gasteiger partial charge in [-0.2, -0.15) is 0 Å². The molecular weight excluding hydrogens is 215 g/mol. The number of hydrogen-bond acceptors (Lipinski definition) is 2. The molecule has 1 saturated heterocycles. The van der Waals surface area contributed by atoms with Gasteiger partial charge in [0.05, 0.1) is 0 Å². The first-order valence-corrected chi connectivity index (χ1v) is 8.56. The third-order valence-electron chi connectivity index (χ3n) is 3.66. The summed E-state index contributed by atoms with van der Waals surface area (Å²) in [7, 11) is 0.0512. The van der Waals surface area contributed by atoms with Crippen LogP contribution in [-0.4, -0.2) is 37.1 Å². The second kappa shape index (κ2) is 7.63. The monoisotopic (exact) mass is 246 g/mol. The molecule has 2 atom stereocenters. The van der Waals surface area contributed by atoms with E-state index in [0.29, 0.717) is 5.41 Å². The van der Waals surface area contributed by atoms with Crippen LogP contribution in [0.25, 0.3) is 0 Å². The second-order valence-corrected chi connectivity index (χ2v) is 7.43. The van der Waals surface area contributed by atoms with E-state index >= 15 is 0 Å². The van der Waals surface area contributed by atoms with Gasteiger partial charge in [-0.1, -0.05) is 34.6 Å². The summed E-state index contributed by atoms with van der Waals surface area (Å²) >= 11 is 0. The Bertz CT molecular complexity index is 183. The van der Waals surface area contributed by atoms with Gasteiger partial charge in [-0.05, 0) is 38.7 Å². The molecule has 0 amide bonds. The van der Waals surface area contributed by atoms with Gasteiger partial charge in [0, 0.05) is 19.6 Å². The van der Waals surface area contributed by atoms with Crippen LogP contribution in [0.4, 0.5) is 0 Å². The lowest BCUT2D eigenvalue weighted by Crippen LogP contribution is -2.26. The van der Waals surface area contributed by atoms with Crippen molar-refractivity contribution in [1.82, 2.24) is 4.67 Å². The Kier molecular flexibility index (Phi) is 7.80. The van der Waals surface area contributed by atoms with E-state index in [1.54, 1.807) is 0 Å². The zero-order chi connectivity index (χ0) is 12.8. The predicted octanol–water partition coefficient (Wildman–Crippen LogP) is 3.37. The van der Waals surface area contributed by atoms with Gasteiger partial charge in [0.1, 0.15) is 0 Å². The van der Waals surface area contributed by atoms with Crippen molar-refractivity contribution in [3.05, 3.63) is 0 Å².